The highest BCUT2D eigenvalue weighted by Gasteiger charge is 2.35. The van der Waals surface area contributed by atoms with Gasteiger partial charge >= 0.3 is 0 Å². The number of amides is 1. The molecular weight excluding hydrogens is 226 g/mol. The van der Waals surface area contributed by atoms with Crippen LogP contribution in [-0.4, -0.2) is 54.1 Å². The zero-order valence-electron chi connectivity index (χ0n) is 12.0. The number of carbonyl (C=O) groups is 1. The van der Waals surface area contributed by atoms with E-state index < -0.39 is 0 Å². The van der Waals surface area contributed by atoms with Crippen molar-refractivity contribution < 1.29 is 4.79 Å². The van der Waals surface area contributed by atoms with E-state index in [0.717, 1.165) is 25.6 Å². The topological polar surface area (TPSA) is 35.6 Å². The molecule has 1 amide bonds. The first kappa shape index (κ1) is 13.8. The molecule has 1 heterocycles. The minimum absolute atomic E-state index is 0.0387. The summed E-state index contributed by atoms with van der Waals surface area (Å²) < 4.78 is 0. The molecule has 0 radical (unpaired) electrons. The summed E-state index contributed by atoms with van der Waals surface area (Å²) in [6.45, 7) is 6.01. The fourth-order valence-corrected chi connectivity index (χ4v) is 3.23. The summed E-state index contributed by atoms with van der Waals surface area (Å²) in [4.78, 5) is 16.6. The molecule has 18 heavy (non-hydrogen) atoms. The third kappa shape index (κ3) is 2.86. The highest BCUT2D eigenvalue weighted by atomic mass is 16.2. The van der Waals surface area contributed by atoms with Crippen LogP contribution in [0.4, 0.5) is 0 Å². The maximum absolute atomic E-state index is 12.1. The monoisotopic (exact) mass is 253 g/mol. The molecule has 2 rings (SSSR count). The van der Waals surface area contributed by atoms with Crippen molar-refractivity contribution in [2.75, 3.05) is 20.1 Å². The van der Waals surface area contributed by atoms with E-state index in [-0.39, 0.29) is 18.1 Å². The molecule has 2 aliphatic rings. The van der Waals surface area contributed by atoms with Crippen molar-refractivity contribution in [3.63, 3.8) is 0 Å². The Hall–Kier alpha value is -0.610. The second-order valence-electron chi connectivity index (χ2n) is 5.75. The Morgan fingerprint density at radius 2 is 2.06 bits per heavy atom. The first-order valence-electron chi connectivity index (χ1n) is 7.40. The Labute approximate surface area is 111 Å². The number of nitrogens with zero attached hydrogens (tertiary/aromatic N) is 2. The maximum atomic E-state index is 12.1. The summed E-state index contributed by atoms with van der Waals surface area (Å²) in [5, 5.41) is 3.35. The van der Waals surface area contributed by atoms with Crippen LogP contribution in [0.3, 0.4) is 0 Å². The van der Waals surface area contributed by atoms with Crippen molar-refractivity contribution in [3.8, 4) is 0 Å². The van der Waals surface area contributed by atoms with E-state index in [4.69, 9.17) is 0 Å². The standard InChI is InChI=1S/C14H27N3O/c1-4-13-14(18)17(11(2)15-13)10-9-16(3)12-7-5-6-8-12/h11-13,15H,4-10H2,1-3H3. The largest absolute Gasteiger partial charge is 0.325 e. The highest BCUT2D eigenvalue weighted by Crippen LogP contribution is 2.22. The van der Waals surface area contributed by atoms with Crippen LogP contribution < -0.4 is 5.32 Å². The van der Waals surface area contributed by atoms with Gasteiger partial charge in [-0.05, 0) is 33.2 Å². The second-order valence-corrected chi connectivity index (χ2v) is 5.75. The van der Waals surface area contributed by atoms with E-state index in [1.165, 1.54) is 25.7 Å². The second kappa shape index (κ2) is 6.02. The molecule has 1 N–H and O–H groups in total. The van der Waals surface area contributed by atoms with Crippen LogP contribution in [0.1, 0.15) is 46.0 Å². The van der Waals surface area contributed by atoms with E-state index in [9.17, 15) is 4.79 Å². The van der Waals surface area contributed by atoms with Gasteiger partial charge in [-0.15, -0.1) is 0 Å². The van der Waals surface area contributed by atoms with Crippen molar-refractivity contribution in [2.45, 2.75) is 64.2 Å². The molecule has 0 aromatic rings. The van der Waals surface area contributed by atoms with Crippen LogP contribution in [-0.2, 0) is 4.79 Å². The molecule has 1 aliphatic heterocycles. The number of likely N-dealkylation sites (N-methyl/N-ethyl adjacent to an activating group) is 1. The van der Waals surface area contributed by atoms with E-state index in [0.29, 0.717) is 0 Å². The van der Waals surface area contributed by atoms with E-state index >= 15 is 0 Å². The zero-order valence-corrected chi connectivity index (χ0v) is 12.0. The number of hydrogen-bond donors (Lipinski definition) is 1. The Kier molecular flexibility index (Phi) is 4.62. The fraction of sp³-hybridized carbons (Fsp3) is 0.929. The van der Waals surface area contributed by atoms with Crippen molar-refractivity contribution in [1.82, 2.24) is 15.1 Å². The third-order valence-corrected chi connectivity index (χ3v) is 4.54. The van der Waals surface area contributed by atoms with Gasteiger partial charge in [0.1, 0.15) is 0 Å². The first-order chi connectivity index (χ1) is 8.63. The zero-order chi connectivity index (χ0) is 13.1. The lowest BCUT2D eigenvalue weighted by molar-refractivity contribution is -0.130. The lowest BCUT2D eigenvalue weighted by Crippen LogP contribution is -2.42. The Bertz CT molecular complexity index is 289. The van der Waals surface area contributed by atoms with Gasteiger partial charge < -0.3 is 9.80 Å². The normalized spacial score (nSPS) is 29.8. The minimum Gasteiger partial charge on any atom is -0.325 e. The SMILES string of the molecule is CCC1NC(C)N(CCN(C)C2CCCC2)C1=O. The number of rotatable bonds is 5. The van der Waals surface area contributed by atoms with Crippen molar-refractivity contribution in [1.29, 1.82) is 0 Å². The molecule has 0 aromatic heterocycles. The van der Waals surface area contributed by atoms with Gasteiger partial charge in [-0.2, -0.15) is 0 Å². The number of hydrogen-bond acceptors (Lipinski definition) is 3. The molecule has 2 atom stereocenters. The van der Waals surface area contributed by atoms with Gasteiger partial charge in [-0.1, -0.05) is 19.8 Å². The Morgan fingerprint density at radius 1 is 1.39 bits per heavy atom. The molecule has 1 aliphatic carbocycles. The summed E-state index contributed by atoms with van der Waals surface area (Å²) in [6, 6.07) is 0.782. The molecule has 0 bridgehead atoms. The molecule has 1 saturated heterocycles. The van der Waals surface area contributed by atoms with Gasteiger partial charge in [0, 0.05) is 19.1 Å². The van der Waals surface area contributed by atoms with Gasteiger partial charge in [0.05, 0.1) is 12.2 Å². The summed E-state index contributed by atoms with van der Waals surface area (Å²) in [5.74, 6) is 0.282. The molecular formula is C14H27N3O. The van der Waals surface area contributed by atoms with Gasteiger partial charge in [0.25, 0.3) is 0 Å². The molecule has 4 nitrogen and oxygen atoms in total. The molecule has 104 valence electrons. The van der Waals surface area contributed by atoms with Crippen LogP contribution in [0, 0.1) is 0 Å². The lowest BCUT2D eigenvalue weighted by atomic mass is 10.2. The Morgan fingerprint density at radius 3 is 2.61 bits per heavy atom. The van der Waals surface area contributed by atoms with Crippen molar-refractivity contribution in [3.05, 3.63) is 0 Å². The van der Waals surface area contributed by atoms with E-state index in [2.05, 4.69) is 31.1 Å². The van der Waals surface area contributed by atoms with Gasteiger partial charge in [0.15, 0.2) is 0 Å². The van der Waals surface area contributed by atoms with Crippen LogP contribution >= 0.6 is 0 Å². The van der Waals surface area contributed by atoms with Gasteiger partial charge in [-0.25, -0.2) is 0 Å². The fourth-order valence-electron chi connectivity index (χ4n) is 3.23. The quantitative estimate of drug-likeness (QED) is 0.805. The van der Waals surface area contributed by atoms with Crippen LogP contribution in [0.25, 0.3) is 0 Å². The minimum atomic E-state index is 0.0387. The van der Waals surface area contributed by atoms with E-state index in [1.807, 2.05) is 4.90 Å². The molecule has 0 spiro atoms. The van der Waals surface area contributed by atoms with Crippen LogP contribution in [0.5, 0.6) is 0 Å². The van der Waals surface area contributed by atoms with Crippen molar-refractivity contribution in [2.24, 2.45) is 0 Å². The third-order valence-electron chi connectivity index (χ3n) is 4.54. The summed E-state index contributed by atoms with van der Waals surface area (Å²) in [7, 11) is 2.20. The summed E-state index contributed by atoms with van der Waals surface area (Å²) in [5.41, 5.74) is 0. The number of nitrogens with one attached hydrogen (secondary N) is 1. The predicted molar refractivity (Wildman–Crippen MR) is 73.3 cm³/mol. The maximum Gasteiger partial charge on any atom is 0.241 e. The van der Waals surface area contributed by atoms with Gasteiger partial charge in [0.2, 0.25) is 5.91 Å². The van der Waals surface area contributed by atoms with Crippen molar-refractivity contribution >= 4 is 5.91 Å². The van der Waals surface area contributed by atoms with Gasteiger partial charge in [-0.3, -0.25) is 10.1 Å². The highest BCUT2D eigenvalue weighted by molar-refractivity contribution is 5.84. The molecule has 2 unspecified atom stereocenters. The summed E-state index contributed by atoms with van der Waals surface area (Å²) in [6.07, 6.45) is 6.48. The summed E-state index contributed by atoms with van der Waals surface area (Å²) >= 11 is 0. The number of carbonyl (C=O) groups excluding carboxylic acids is 1. The molecule has 1 saturated carbocycles. The first-order valence-corrected chi connectivity index (χ1v) is 7.40. The molecule has 0 aromatic carbocycles. The smallest absolute Gasteiger partial charge is 0.241 e. The van der Waals surface area contributed by atoms with Crippen LogP contribution in [0.2, 0.25) is 0 Å². The average Bonchev–Trinajstić information content (AvgIpc) is 2.96. The molecule has 4 heteroatoms. The van der Waals surface area contributed by atoms with Crippen LogP contribution in [0.15, 0.2) is 0 Å². The lowest BCUT2D eigenvalue weighted by Gasteiger charge is -2.28. The van der Waals surface area contributed by atoms with E-state index in [1.54, 1.807) is 0 Å². The average molecular weight is 253 g/mol. The predicted octanol–water partition coefficient (Wildman–Crippen LogP) is 1.42. The Balaban J connectivity index is 1.80. The molecule has 2 fully saturated rings.